The molecule has 0 radical (unpaired) electrons. The Bertz CT molecular complexity index is 666. The fraction of sp³-hybridized carbons (Fsp3) is 0.222. The molecular formula is C18H20N2O2. The zero-order chi connectivity index (χ0) is 15.9. The lowest BCUT2D eigenvalue weighted by molar-refractivity contribution is -0.136. The SMILES string of the molecule is Cc1ccc(NC(=O)C(=O)NCCc2ccccc2)c(C)c1. The van der Waals surface area contributed by atoms with Crippen molar-refractivity contribution in [1.82, 2.24) is 5.32 Å². The molecule has 22 heavy (non-hydrogen) atoms. The summed E-state index contributed by atoms with van der Waals surface area (Å²) < 4.78 is 0. The average molecular weight is 296 g/mol. The van der Waals surface area contributed by atoms with Gasteiger partial charge in [0.2, 0.25) is 0 Å². The third-order valence-electron chi connectivity index (χ3n) is 3.38. The lowest BCUT2D eigenvalue weighted by atomic mass is 10.1. The number of aryl methyl sites for hydroxylation is 2. The Morgan fingerprint density at radius 3 is 2.36 bits per heavy atom. The van der Waals surface area contributed by atoms with Crippen LogP contribution >= 0.6 is 0 Å². The van der Waals surface area contributed by atoms with Crippen LogP contribution in [0.3, 0.4) is 0 Å². The van der Waals surface area contributed by atoms with Crippen LogP contribution in [0.4, 0.5) is 5.69 Å². The first kappa shape index (κ1) is 15.8. The van der Waals surface area contributed by atoms with E-state index in [2.05, 4.69) is 10.6 Å². The molecular weight excluding hydrogens is 276 g/mol. The van der Waals surface area contributed by atoms with Gasteiger partial charge in [0, 0.05) is 12.2 Å². The second-order valence-corrected chi connectivity index (χ2v) is 5.26. The fourth-order valence-corrected chi connectivity index (χ4v) is 2.18. The normalized spacial score (nSPS) is 10.1. The van der Waals surface area contributed by atoms with E-state index in [-0.39, 0.29) is 0 Å². The molecule has 4 heteroatoms. The van der Waals surface area contributed by atoms with Gasteiger partial charge in [-0.1, -0.05) is 48.0 Å². The van der Waals surface area contributed by atoms with Crippen LogP contribution in [0, 0.1) is 13.8 Å². The molecule has 0 unspecified atom stereocenters. The number of carbonyl (C=O) groups excluding carboxylic acids is 2. The summed E-state index contributed by atoms with van der Waals surface area (Å²) in [5.74, 6) is -1.25. The topological polar surface area (TPSA) is 58.2 Å². The first-order valence-electron chi connectivity index (χ1n) is 7.26. The van der Waals surface area contributed by atoms with Crippen LogP contribution in [0.1, 0.15) is 16.7 Å². The molecule has 0 saturated carbocycles. The average Bonchev–Trinajstić information content (AvgIpc) is 2.51. The second kappa shape index (κ2) is 7.41. The van der Waals surface area contributed by atoms with E-state index in [9.17, 15) is 9.59 Å². The van der Waals surface area contributed by atoms with Crippen LogP contribution in [0.2, 0.25) is 0 Å². The standard InChI is InChI=1S/C18H20N2O2/c1-13-8-9-16(14(2)12-13)20-18(22)17(21)19-11-10-15-6-4-3-5-7-15/h3-9,12H,10-11H2,1-2H3,(H,19,21)(H,20,22). The highest BCUT2D eigenvalue weighted by Crippen LogP contribution is 2.15. The largest absolute Gasteiger partial charge is 0.347 e. The molecule has 0 aliphatic rings. The Morgan fingerprint density at radius 1 is 0.955 bits per heavy atom. The lowest BCUT2D eigenvalue weighted by Crippen LogP contribution is -2.36. The Hall–Kier alpha value is -2.62. The number of hydrogen-bond donors (Lipinski definition) is 2. The molecule has 0 spiro atoms. The molecule has 4 nitrogen and oxygen atoms in total. The van der Waals surface area contributed by atoms with E-state index in [1.807, 2.05) is 56.3 Å². The minimum absolute atomic E-state index is 0.434. The number of amides is 2. The second-order valence-electron chi connectivity index (χ2n) is 5.26. The number of hydrogen-bond acceptors (Lipinski definition) is 2. The van der Waals surface area contributed by atoms with Gasteiger partial charge in [-0.25, -0.2) is 0 Å². The van der Waals surface area contributed by atoms with E-state index < -0.39 is 11.8 Å². The van der Waals surface area contributed by atoms with Gasteiger partial charge in [0.15, 0.2) is 0 Å². The van der Waals surface area contributed by atoms with Crippen LogP contribution in [-0.2, 0) is 16.0 Å². The van der Waals surface area contributed by atoms with E-state index in [1.165, 1.54) is 0 Å². The van der Waals surface area contributed by atoms with E-state index in [0.29, 0.717) is 18.7 Å². The highest BCUT2D eigenvalue weighted by atomic mass is 16.2. The molecule has 0 aromatic heterocycles. The summed E-state index contributed by atoms with van der Waals surface area (Å²) in [5, 5.41) is 5.27. The summed E-state index contributed by atoms with van der Waals surface area (Å²) in [5.41, 5.74) is 3.83. The number of nitrogens with one attached hydrogen (secondary N) is 2. The maximum atomic E-state index is 11.9. The molecule has 2 aromatic carbocycles. The predicted molar refractivity (Wildman–Crippen MR) is 87.7 cm³/mol. The van der Waals surface area contributed by atoms with Crippen molar-refractivity contribution in [2.75, 3.05) is 11.9 Å². The van der Waals surface area contributed by atoms with Crippen molar-refractivity contribution in [2.24, 2.45) is 0 Å². The van der Waals surface area contributed by atoms with Crippen molar-refractivity contribution in [3.05, 3.63) is 65.2 Å². The summed E-state index contributed by atoms with van der Waals surface area (Å²) in [6, 6.07) is 15.5. The van der Waals surface area contributed by atoms with Crippen molar-refractivity contribution in [3.8, 4) is 0 Å². The van der Waals surface area contributed by atoms with Gasteiger partial charge in [-0.05, 0) is 37.5 Å². The molecule has 0 aliphatic carbocycles. The van der Waals surface area contributed by atoms with E-state index in [0.717, 1.165) is 16.7 Å². The number of anilines is 1. The van der Waals surface area contributed by atoms with E-state index >= 15 is 0 Å². The van der Waals surface area contributed by atoms with E-state index in [1.54, 1.807) is 6.07 Å². The third kappa shape index (κ3) is 4.45. The third-order valence-corrected chi connectivity index (χ3v) is 3.38. The summed E-state index contributed by atoms with van der Waals surface area (Å²) in [7, 11) is 0. The summed E-state index contributed by atoms with van der Waals surface area (Å²) in [6.07, 6.45) is 0.698. The van der Waals surface area contributed by atoms with E-state index in [4.69, 9.17) is 0 Å². The van der Waals surface area contributed by atoms with Crippen LogP contribution in [0.5, 0.6) is 0 Å². The van der Waals surface area contributed by atoms with Crippen molar-refractivity contribution >= 4 is 17.5 Å². The monoisotopic (exact) mass is 296 g/mol. The van der Waals surface area contributed by atoms with Crippen LogP contribution < -0.4 is 10.6 Å². The number of carbonyl (C=O) groups is 2. The van der Waals surface area contributed by atoms with Crippen LogP contribution in [0.25, 0.3) is 0 Å². The lowest BCUT2D eigenvalue weighted by Gasteiger charge is -2.09. The molecule has 0 saturated heterocycles. The Labute approximate surface area is 130 Å². The molecule has 2 aromatic rings. The molecule has 2 rings (SSSR count). The molecule has 114 valence electrons. The van der Waals surface area contributed by atoms with Gasteiger partial charge >= 0.3 is 11.8 Å². The molecule has 0 bridgehead atoms. The predicted octanol–water partition coefficient (Wildman–Crippen LogP) is 2.60. The molecule has 0 atom stereocenters. The maximum Gasteiger partial charge on any atom is 0.313 e. The number of benzene rings is 2. The molecule has 0 heterocycles. The van der Waals surface area contributed by atoms with Gasteiger partial charge < -0.3 is 10.6 Å². The highest BCUT2D eigenvalue weighted by Gasteiger charge is 2.13. The van der Waals surface area contributed by atoms with Crippen molar-refractivity contribution in [3.63, 3.8) is 0 Å². The summed E-state index contributed by atoms with van der Waals surface area (Å²) >= 11 is 0. The quantitative estimate of drug-likeness (QED) is 0.852. The first-order chi connectivity index (χ1) is 10.6. The Morgan fingerprint density at radius 2 is 1.68 bits per heavy atom. The van der Waals surface area contributed by atoms with Gasteiger partial charge in [-0.2, -0.15) is 0 Å². The van der Waals surface area contributed by atoms with Crippen molar-refractivity contribution in [2.45, 2.75) is 20.3 Å². The zero-order valence-corrected chi connectivity index (χ0v) is 12.8. The smallest absolute Gasteiger partial charge is 0.313 e. The Kier molecular flexibility index (Phi) is 5.31. The van der Waals surface area contributed by atoms with Gasteiger partial charge in [0.05, 0.1) is 0 Å². The van der Waals surface area contributed by atoms with Gasteiger partial charge in [-0.3, -0.25) is 9.59 Å². The summed E-state index contributed by atoms with van der Waals surface area (Å²) in [4.78, 5) is 23.7. The van der Waals surface area contributed by atoms with Crippen LogP contribution in [-0.4, -0.2) is 18.4 Å². The highest BCUT2D eigenvalue weighted by molar-refractivity contribution is 6.39. The molecule has 2 N–H and O–H groups in total. The van der Waals surface area contributed by atoms with Crippen molar-refractivity contribution in [1.29, 1.82) is 0 Å². The fourth-order valence-electron chi connectivity index (χ4n) is 2.18. The minimum Gasteiger partial charge on any atom is -0.347 e. The molecule has 0 fully saturated rings. The van der Waals surface area contributed by atoms with Crippen molar-refractivity contribution < 1.29 is 9.59 Å². The Balaban J connectivity index is 1.83. The molecule has 2 amide bonds. The number of rotatable bonds is 4. The first-order valence-corrected chi connectivity index (χ1v) is 7.26. The summed E-state index contributed by atoms with van der Waals surface area (Å²) in [6.45, 7) is 4.31. The van der Waals surface area contributed by atoms with Crippen LogP contribution in [0.15, 0.2) is 48.5 Å². The van der Waals surface area contributed by atoms with Gasteiger partial charge in [0.1, 0.15) is 0 Å². The minimum atomic E-state index is -0.639. The molecule has 0 aliphatic heterocycles. The zero-order valence-electron chi connectivity index (χ0n) is 12.8. The maximum absolute atomic E-state index is 11.9. The van der Waals surface area contributed by atoms with Gasteiger partial charge in [0.25, 0.3) is 0 Å². The van der Waals surface area contributed by atoms with Gasteiger partial charge in [-0.15, -0.1) is 0 Å².